The number of hydrogen-bond donors (Lipinski definition) is 1. The lowest BCUT2D eigenvalue weighted by Gasteiger charge is -2.22. The number of guanidine groups is 1. The average molecular weight is 464 g/mol. The second-order valence-electron chi connectivity index (χ2n) is 5.05. The van der Waals surface area contributed by atoms with Crippen molar-refractivity contribution in [2.75, 3.05) is 14.1 Å². The summed E-state index contributed by atoms with van der Waals surface area (Å²) in [5.74, 6) is 1.01. The van der Waals surface area contributed by atoms with E-state index in [0.29, 0.717) is 35.5 Å². The Morgan fingerprint density at radius 1 is 1.38 bits per heavy atom. The maximum Gasteiger partial charge on any atom is 0.194 e. The first-order valence-corrected chi connectivity index (χ1v) is 7.52. The summed E-state index contributed by atoms with van der Waals surface area (Å²) in [6, 6.07) is 6.50. The Morgan fingerprint density at radius 2 is 2.12 bits per heavy atom. The molecule has 0 unspecified atom stereocenters. The van der Waals surface area contributed by atoms with Crippen molar-refractivity contribution in [1.82, 2.24) is 20.2 Å². The molecule has 0 aliphatic heterocycles. The van der Waals surface area contributed by atoms with Crippen LogP contribution in [0.1, 0.15) is 17.1 Å². The summed E-state index contributed by atoms with van der Waals surface area (Å²) in [4.78, 5) is 14.4. The Balaban J connectivity index is 0.00000288. The van der Waals surface area contributed by atoms with Crippen LogP contribution in [0.4, 0.5) is 4.39 Å². The fourth-order valence-corrected chi connectivity index (χ4v) is 2.38. The number of benzene rings is 1. The minimum absolute atomic E-state index is 0. The minimum atomic E-state index is -0.328. The molecule has 0 bridgehead atoms. The first-order chi connectivity index (χ1) is 11.0. The van der Waals surface area contributed by atoms with Gasteiger partial charge in [0.15, 0.2) is 5.96 Å². The predicted octanol–water partition coefficient (Wildman–Crippen LogP) is 3.40. The van der Waals surface area contributed by atoms with E-state index in [0.717, 1.165) is 5.69 Å². The molecule has 0 aliphatic carbocycles. The third-order valence-corrected chi connectivity index (χ3v) is 3.65. The van der Waals surface area contributed by atoms with Crippen LogP contribution in [0.5, 0.6) is 0 Å². The number of hydrogen-bond acceptors (Lipinski definition) is 3. The van der Waals surface area contributed by atoms with E-state index in [1.807, 2.05) is 20.0 Å². The highest BCUT2D eigenvalue weighted by atomic mass is 127. The van der Waals surface area contributed by atoms with Gasteiger partial charge in [-0.05, 0) is 25.1 Å². The summed E-state index contributed by atoms with van der Waals surface area (Å²) >= 11 is 6.07. The van der Waals surface area contributed by atoms with E-state index in [-0.39, 0.29) is 29.8 Å². The Bertz CT molecular complexity index is 690. The van der Waals surface area contributed by atoms with Crippen LogP contribution >= 0.6 is 35.6 Å². The van der Waals surface area contributed by atoms with E-state index in [4.69, 9.17) is 11.6 Å². The van der Waals surface area contributed by atoms with E-state index < -0.39 is 0 Å². The number of nitrogens with zero attached hydrogens (tertiary/aromatic N) is 4. The molecule has 1 heterocycles. The summed E-state index contributed by atoms with van der Waals surface area (Å²) < 4.78 is 13.9. The fraction of sp³-hybridized carbons (Fsp3) is 0.312. The molecule has 0 spiro atoms. The van der Waals surface area contributed by atoms with Crippen LogP contribution in [0.2, 0.25) is 5.02 Å². The van der Waals surface area contributed by atoms with E-state index >= 15 is 0 Å². The number of aryl methyl sites for hydroxylation is 1. The summed E-state index contributed by atoms with van der Waals surface area (Å²) in [6.07, 6.45) is 1.71. The number of rotatable bonds is 4. The Labute approximate surface area is 163 Å². The zero-order valence-electron chi connectivity index (χ0n) is 13.8. The van der Waals surface area contributed by atoms with Crippen molar-refractivity contribution in [2.45, 2.75) is 20.0 Å². The van der Waals surface area contributed by atoms with E-state index in [1.54, 1.807) is 30.3 Å². The number of aliphatic imine (C=N–C) groups is 1. The molecule has 0 saturated heterocycles. The van der Waals surface area contributed by atoms with Crippen molar-refractivity contribution >= 4 is 41.5 Å². The molecule has 2 rings (SSSR count). The van der Waals surface area contributed by atoms with Crippen LogP contribution in [-0.4, -0.2) is 34.9 Å². The lowest BCUT2D eigenvalue weighted by molar-refractivity contribution is 0.460. The molecule has 24 heavy (non-hydrogen) atoms. The normalized spacial score (nSPS) is 11.0. The second kappa shape index (κ2) is 9.73. The maximum atomic E-state index is 13.9. The third kappa shape index (κ3) is 5.55. The average Bonchev–Trinajstić information content (AvgIpc) is 2.52. The minimum Gasteiger partial charge on any atom is -0.351 e. The van der Waals surface area contributed by atoms with Gasteiger partial charge in [-0.2, -0.15) is 0 Å². The van der Waals surface area contributed by atoms with Gasteiger partial charge in [0.1, 0.15) is 11.6 Å². The molecule has 2 aromatic rings. The third-order valence-electron chi connectivity index (χ3n) is 3.29. The van der Waals surface area contributed by atoms with Crippen LogP contribution < -0.4 is 5.32 Å². The molecule has 1 aromatic carbocycles. The Morgan fingerprint density at radius 3 is 2.75 bits per heavy atom. The van der Waals surface area contributed by atoms with Crippen molar-refractivity contribution in [3.63, 3.8) is 0 Å². The van der Waals surface area contributed by atoms with Gasteiger partial charge in [-0.15, -0.1) is 24.0 Å². The molecular weight excluding hydrogens is 444 g/mol. The molecule has 0 atom stereocenters. The molecular formula is C16H20ClFIN5. The van der Waals surface area contributed by atoms with Crippen LogP contribution in [0.3, 0.4) is 0 Å². The molecule has 130 valence electrons. The van der Waals surface area contributed by atoms with Crippen molar-refractivity contribution in [1.29, 1.82) is 0 Å². The van der Waals surface area contributed by atoms with Crippen molar-refractivity contribution in [2.24, 2.45) is 4.99 Å². The SMILES string of the molecule is CN=C(NCc1ccnc(C)n1)N(C)Cc1c(F)cccc1Cl.I. The van der Waals surface area contributed by atoms with E-state index in [2.05, 4.69) is 20.3 Å². The van der Waals surface area contributed by atoms with E-state index in [1.165, 1.54) is 6.07 Å². The maximum absolute atomic E-state index is 13.9. The smallest absolute Gasteiger partial charge is 0.194 e. The molecule has 0 amide bonds. The zero-order valence-corrected chi connectivity index (χ0v) is 16.8. The Kier molecular flexibility index (Phi) is 8.34. The van der Waals surface area contributed by atoms with Crippen LogP contribution in [-0.2, 0) is 13.1 Å². The van der Waals surface area contributed by atoms with E-state index in [9.17, 15) is 4.39 Å². The van der Waals surface area contributed by atoms with Crippen molar-refractivity contribution in [3.8, 4) is 0 Å². The summed E-state index contributed by atoms with van der Waals surface area (Å²) in [5.41, 5.74) is 1.30. The molecule has 8 heteroatoms. The van der Waals surface area contributed by atoms with Crippen molar-refractivity contribution in [3.05, 3.63) is 58.4 Å². The summed E-state index contributed by atoms with van der Waals surface area (Å²) in [5, 5.41) is 3.59. The van der Waals surface area contributed by atoms with Crippen LogP contribution in [0, 0.1) is 12.7 Å². The zero-order chi connectivity index (χ0) is 16.8. The molecule has 0 radical (unpaired) electrons. The standard InChI is InChI=1S/C16H19ClFN5.HI/c1-11-20-8-7-12(22-11)9-21-16(19-2)23(3)10-13-14(17)5-4-6-15(13)18;/h4-8H,9-10H2,1-3H3,(H,19,21);1H. The highest BCUT2D eigenvalue weighted by Gasteiger charge is 2.12. The van der Waals surface area contributed by atoms with Gasteiger partial charge in [-0.3, -0.25) is 4.99 Å². The summed E-state index contributed by atoms with van der Waals surface area (Å²) in [6.45, 7) is 2.66. The fourth-order valence-electron chi connectivity index (χ4n) is 2.15. The van der Waals surface area contributed by atoms with Gasteiger partial charge in [-0.1, -0.05) is 17.7 Å². The quantitative estimate of drug-likeness (QED) is 0.429. The van der Waals surface area contributed by atoms with Crippen LogP contribution in [0.15, 0.2) is 35.5 Å². The molecule has 1 N–H and O–H groups in total. The van der Waals surface area contributed by atoms with Crippen LogP contribution in [0.25, 0.3) is 0 Å². The number of nitrogens with one attached hydrogen (secondary N) is 1. The van der Waals surface area contributed by atoms with Gasteiger partial charge in [0.05, 0.1) is 12.2 Å². The van der Waals surface area contributed by atoms with Gasteiger partial charge in [0.2, 0.25) is 0 Å². The molecule has 5 nitrogen and oxygen atoms in total. The van der Waals surface area contributed by atoms with Crippen molar-refractivity contribution < 1.29 is 4.39 Å². The number of halogens is 3. The highest BCUT2D eigenvalue weighted by molar-refractivity contribution is 14.0. The second-order valence-corrected chi connectivity index (χ2v) is 5.46. The topological polar surface area (TPSA) is 53.4 Å². The molecule has 1 aromatic heterocycles. The predicted molar refractivity (Wildman–Crippen MR) is 105 cm³/mol. The first kappa shape index (κ1) is 20.6. The summed E-state index contributed by atoms with van der Waals surface area (Å²) in [7, 11) is 3.50. The highest BCUT2D eigenvalue weighted by Crippen LogP contribution is 2.20. The lowest BCUT2D eigenvalue weighted by Crippen LogP contribution is -2.38. The monoisotopic (exact) mass is 463 g/mol. The molecule has 0 fully saturated rings. The lowest BCUT2D eigenvalue weighted by atomic mass is 10.2. The van der Waals surface area contributed by atoms with Gasteiger partial charge in [-0.25, -0.2) is 14.4 Å². The van der Waals surface area contributed by atoms with Gasteiger partial charge in [0, 0.05) is 37.4 Å². The van der Waals surface area contributed by atoms with Gasteiger partial charge < -0.3 is 10.2 Å². The molecule has 0 saturated carbocycles. The first-order valence-electron chi connectivity index (χ1n) is 7.14. The number of aromatic nitrogens is 2. The Hall–Kier alpha value is -1.48. The van der Waals surface area contributed by atoms with Gasteiger partial charge in [0.25, 0.3) is 0 Å². The van der Waals surface area contributed by atoms with Gasteiger partial charge >= 0.3 is 0 Å². The largest absolute Gasteiger partial charge is 0.351 e. The molecule has 0 aliphatic rings.